The molecule has 37 heavy (non-hydrogen) atoms. The summed E-state index contributed by atoms with van der Waals surface area (Å²) in [5, 5.41) is 23.5. The number of amides is 3. The zero-order valence-corrected chi connectivity index (χ0v) is 20.3. The fourth-order valence-corrected chi connectivity index (χ4v) is 4.96. The second-order valence-electron chi connectivity index (χ2n) is 8.77. The van der Waals surface area contributed by atoms with Crippen LogP contribution >= 0.6 is 11.6 Å². The van der Waals surface area contributed by atoms with E-state index < -0.39 is 23.7 Å². The lowest BCUT2D eigenvalue weighted by Crippen LogP contribution is -2.48. The Balaban J connectivity index is 1.37. The summed E-state index contributed by atoms with van der Waals surface area (Å²) in [6, 6.07) is 8.01. The van der Waals surface area contributed by atoms with Gasteiger partial charge in [0.1, 0.15) is 12.4 Å². The van der Waals surface area contributed by atoms with Crippen LogP contribution in [0.1, 0.15) is 35.2 Å². The third-order valence-electron chi connectivity index (χ3n) is 6.50. The summed E-state index contributed by atoms with van der Waals surface area (Å²) >= 11 is 6.05. The fraction of sp³-hybridized carbons (Fsp3) is 0.250. The molecule has 1 fully saturated rings. The summed E-state index contributed by atoms with van der Waals surface area (Å²) in [6.45, 7) is 0. The van der Waals surface area contributed by atoms with Crippen molar-refractivity contribution in [2.45, 2.75) is 31.3 Å². The smallest absolute Gasteiger partial charge is 0.276 e. The van der Waals surface area contributed by atoms with E-state index in [1.165, 1.54) is 47.2 Å². The molecule has 2 aliphatic heterocycles. The zero-order chi connectivity index (χ0) is 26.3. The quantitative estimate of drug-likeness (QED) is 0.386. The lowest BCUT2D eigenvalue weighted by Gasteiger charge is -2.33. The first-order valence-electron chi connectivity index (χ1n) is 11.4. The number of hydrogen-bond acceptors (Lipinski definition) is 7. The molecule has 2 atom stereocenters. The van der Waals surface area contributed by atoms with Crippen LogP contribution in [0.4, 0.5) is 10.1 Å². The molecule has 13 heteroatoms. The van der Waals surface area contributed by atoms with Crippen molar-refractivity contribution in [3.05, 3.63) is 70.8 Å². The Morgan fingerprint density at radius 1 is 1.19 bits per heavy atom. The molecule has 2 aromatic carbocycles. The van der Waals surface area contributed by atoms with E-state index in [0.29, 0.717) is 41.3 Å². The van der Waals surface area contributed by atoms with Crippen LogP contribution < -0.4 is 5.32 Å². The maximum atomic E-state index is 15.2. The van der Waals surface area contributed by atoms with Gasteiger partial charge in [0.25, 0.3) is 5.91 Å². The summed E-state index contributed by atoms with van der Waals surface area (Å²) in [5.74, 6) is -2.03. The van der Waals surface area contributed by atoms with Crippen LogP contribution in [0.25, 0.3) is 11.3 Å². The molecule has 0 spiro atoms. The normalized spacial score (nSPS) is 18.9. The molecule has 3 aromatic rings. The van der Waals surface area contributed by atoms with Gasteiger partial charge in [0.05, 0.1) is 10.7 Å². The Labute approximate surface area is 215 Å². The molecule has 0 radical (unpaired) electrons. The molecule has 5 rings (SSSR count). The zero-order valence-electron chi connectivity index (χ0n) is 19.5. The number of halogens is 2. The van der Waals surface area contributed by atoms with Gasteiger partial charge in [0, 0.05) is 36.0 Å². The number of fused-ring (bicyclic) bond motifs is 1. The number of nitrogens with zero attached hydrogens (tertiary/aromatic N) is 6. The molecule has 3 heterocycles. The topological polar surface area (TPSA) is 134 Å². The molecule has 11 nitrogen and oxygen atoms in total. The minimum atomic E-state index is -0.705. The minimum Gasteiger partial charge on any atom is -0.324 e. The number of nitrogens with one attached hydrogen (secondary N) is 1. The Hall–Kier alpha value is -4.16. The highest BCUT2D eigenvalue weighted by Gasteiger charge is 2.43. The number of carbonyl (C=O) groups excluding carboxylic acids is 3. The Morgan fingerprint density at radius 3 is 2.62 bits per heavy atom. The first-order valence-corrected chi connectivity index (χ1v) is 11.7. The average Bonchev–Trinajstić information content (AvgIpc) is 3.56. The summed E-state index contributed by atoms with van der Waals surface area (Å²) in [4.78, 5) is 39.6. The van der Waals surface area contributed by atoms with Gasteiger partial charge in [-0.05, 0) is 71.7 Å². The number of hydrogen-bond donors (Lipinski definition) is 2. The highest BCUT2D eigenvalue weighted by molar-refractivity contribution is 6.31. The van der Waals surface area contributed by atoms with Crippen LogP contribution in [-0.4, -0.2) is 72.2 Å². The summed E-state index contributed by atoms with van der Waals surface area (Å²) in [7, 11) is 1.22. The van der Waals surface area contributed by atoms with Crippen molar-refractivity contribution < 1.29 is 24.0 Å². The Bertz CT molecular complexity index is 1410. The van der Waals surface area contributed by atoms with E-state index in [1.54, 1.807) is 18.2 Å². The monoisotopic (exact) mass is 525 g/mol. The number of anilines is 1. The molecule has 3 amide bonds. The van der Waals surface area contributed by atoms with E-state index in [4.69, 9.17) is 11.6 Å². The van der Waals surface area contributed by atoms with Gasteiger partial charge in [-0.15, -0.1) is 5.10 Å². The third kappa shape index (κ3) is 4.56. The van der Waals surface area contributed by atoms with Crippen LogP contribution in [0, 0.1) is 5.82 Å². The summed E-state index contributed by atoms with van der Waals surface area (Å²) in [6.07, 6.45) is 3.97. The molecular formula is C24H21ClFN7O4. The van der Waals surface area contributed by atoms with Crippen LogP contribution in [0.2, 0.25) is 5.02 Å². The summed E-state index contributed by atoms with van der Waals surface area (Å²) < 4.78 is 16.5. The lowest BCUT2D eigenvalue weighted by molar-refractivity contribution is -0.135. The van der Waals surface area contributed by atoms with E-state index in [0.717, 1.165) is 0 Å². The van der Waals surface area contributed by atoms with Crippen molar-refractivity contribution in [3.8, 4) is 5.69 Å². The standard InChI is InChI=1S/C24H21ClFN7O4/c1-31(37)24(36)13-2-4-15(5-3-13)28-23(35)19-8-6-16-10-14(11-20(34)33(16)19)21-18(32-12-27-29-30-32)9-7-17(25)22(21)26/h2-5,7,9,11-12,16,19,37H,6,8,10H2,1H3,(H,28,35)/t16?,19-/m0/s1. The van der Waals surface area contributed by atoms with Crippen LogP contribution in [0.15, 0.2) is 48.8 Å². The van der Waals surface area contributed by atoms with Crippen molar-refractivity contribution in [1.82, 2.24) is 30.2 Å². The van der Waals surface area contributed by atoms with Crippen molar-refractivity contribution in [1.29, 1.82) is 0 Å². The number of rotatable bonds is 5. The molecule has 1 saturated heterocycles. The van der Waals surface area contributed by atoms with Crippen molar-refractivity contribution in [3.63, 3.8) is 0 Å². The minimum absolute atomic E-state index is 0.0929. The molecule has 1 unspecified atom stereocenters. The van der Waals surface area contributed by atoms with E-state index in [1.807, 2.05) is 0 Å². The van der Waals surface area contributed by atoms with Crippen LogP contribution in [0.5, 0.6) is 0 Å². The number of aromatic nitrogens is 4. The van der Waals surface area contributed by atoms with Crippen molar-refractivity contribution in [2.75, 3.05) is 12.4 Å². The number of carbonyl (C=O) groups is 3. The van der Waals surface area contributed by atoms with Gasteiger partial charge in [0.15, 0.2) is 5.82 Å². The molecule has 0 bridgehead atoms. The molecule has 0 saturated carbocycles. The Morgan fingerprint density at radius 2 is 1.95 bits per heavy atom. The van der Waals surface area contributed by atoms with Gasteiger partial charge in [-0.3, -0.25) is 19.6 Å². The van der Waals surface area contributed by atoms with Gasteiger partial charge in [-0.1, -0.05) is 11.6 Å². The van der Waals surface area contributed by atoms with E-state index in [9.17, 15) is 19.6 Å². The van der Waals surface area contributed by atoms with Crippen LogP contribution in [-0.2, 0) is 9.59 Å². The van der Waals surface area contributed by atoms with E-state index >= 15 is 4.39 Å². The van der Waals surface area contributed by atoms with E-state index in [-0.39, 0.29) is 28.1 Å². The molecular weight excluding hydrogens is 505 g/mol. The van der Waals surface area contributed by atoms with Crippen molar-refractivity contribution >= 4 is 40.6 Å². The third-order valence-corrected chi connectivity index (χ3v) is 6.79. The highest BCUT2D eigenvalue weighted by Crippen LogP contribution is 2.40. The van der Waals surface area contributed by atoms with Gasteiger partial charge < -0.3 is 10.2 Å². The van der Waals surface area contributed by atoms with Gasteiger partial charge >= 0.3 is 0 Å². The molecule has 0 aliphatic carbocycles. The maximum Gasteiger partial charge on any atom is 0.276 e. The molecule has 2 N–H and O–H groups in total. The SMILES string of the molecule is CN(O)C(=O)c1ccc(NC(=O)[C@@H]2CCC3CC(c4c(-n5cnnn5)ccc(Cl)c4F)=CC(=O)N32)cc1. The molecule has 190 valence electrons. The lowest BCUT2D eigenvalue weighted by atomic mass is 9.92. The largest absolute Gasteiger partial charge is 0.324 e. The summed E-state index contributed by atoms with van der Waals surface area (Å²) in [5.41, 5.74) is 1.64. The predicted molar refractivity (Wildman–Crippen MR) is 129 cm³/mol. The average molecular weight is 526 g/mol. The number of tetrazole rings is 1. The second-order valence-corrected chi connectivity index (χ2v) is 9.18. The molecule has 2 aliphatic rings. The van der Waals surface area contributed by atoms with Gasteiger partial charge in [-0.25, -0.2) is 9.45 Å². The van der Waals surface area contributed by atoms with Gasteiger partial charge in [-0.2, -0.15) is 4.68 Å². The van der Waals surface area contributed by atoms with E-state index in [2.05, 4.69) is 20.8 Å². The Kier molecular flexibility index (Phi) is 6.44. The van der Waals surface area contributed by atoms with Gasteiger partial charge in [0.2, 0.25) is 11.8 Å². The maximum absolute atomic E-state index is 15.2. The second kappa shape index (κ2) is 9.71. The number of benzene rings is 2. The fourth-order valence-electron chi connectivity index (χ4n) is 4.80. The predicted octanol–water partition coefficient (Wildman–Crippen LogP) is 2.70. The van der Waals surface area contributed by atoms with Crippen LogP contribution in [0.3, 0.4) is 0 Å². The van der Waals surface area contributed by atoms with Crippen molar-refractivity contribution in [2.24, 2.45) is 0 Å². The first kappa shape index (κ1) is 24.5. The first-order chi connectivity index (χ1) is 17.7. The number of hydroxylamine groups is 2. The molecule has 1 aromatic heterocycles. The highest BCUT2D eigenvalue weighted by atomic mass is 35.5.